The minimum absolute atomic E-state index is 0.898. The SMILES string of the molecule is CCCn1ccc(-c2c[nH]cn2)n1. The Labute approximate surface area is 76.6 Å². The number of rotatable bonds is 3. The molecular weight excluding hydrogens is 164 g/mol. The van der Waals surface area contributed by atoms with Gasteiger partial charge in [-0.1, -0.05) is 6.92 Å². The number of nitrogens with zero attached hydrogens (tertiary/aromatic N) is 3. The Morgan fingerprint density at radius 2 is 2.38 bits per heavy atom. The minimum Gasteiger partial charge on any atom is -0.351 e. The van der Waals surface area contributed by atoms with Gasteiger partial charge in [0.2, 0.25) is 0 Å². The Morgan fingerprint density at radius 1 is 1.46 bits per heavy atom. The van der Waals surface area contributed by atoms with Crippen molar-refractivity contribution >= 4 is 0 Å². The molecule has 1 N–H and O–H groups in total. The van der Waals surface area contributed by atoms with E-state index < -0.39 is 0 Å². The summed E-state index contributed by atoms with van der Waals surface area (Å²) in [5.74, 6) is 0. The summed E-state index contributed by atoms with van der Waals surface area (Å²) < 4.78 is 1.93. The Kier molecular flexibility index (Phi) is 2.12. The van der Waals surface area contributed by atoms with Crippen molar-refractivity contribution in [2.24, 2.45) is 0 Å². The number of nitrogens with one attached hydrogen (secondary N) is 1. The third-order valence-electron chi connectivity index (χ3n) is 1.85. The number of aryl methyl sites for hydroxylation is 1. The van der Waals surface area contributed by atoms with Crippen LogP contribution in [0.5, 0.6) is 0 Å². The zero-order chi connectivity index (χ0) is 9.10. The molecule has 0 bridgehead atoms. The van der Waals surface area contributed by atoms with Gasteiger partial charge in [0.25, 0.3) is 0 Å². The molecule has 2 aromatic rings. The second-order valence-corrected chi connectivity index (χ2v) is 2.92. The fourth-order valence-corrected chi connectivity index (χ4v) is 1.25. The van der Waals surface area contributed by atoms with Crippen LogP contribution in [0.1, 0.15) is 13.3 Å². The summed E-state index contributed by atoms with van der Waals surface area (Å²) in [4.78, 5) is 7.04. The highest BCUT2D eigenvalue weighted by molar-refractivity contribution is 5.51. The molecule has 0 aliphatic heterocycles. The second-order valence-electron chi connectivity index (χ2n) is 2.92. The van der Waals surface area contributed by atoms with E-state index in [1.807, 2.05) is 23.1 Å². The van der Waals surface area contributed by atoms with E-state index in [0.29, 0.717) is 0 Å². The molecule has 0 radical (unpaired) electrons. The van der Waals surface area contributed by atoms with Crippen LogP contribution < -0.4 is 0 Å². The van der Waals surface area contributed by atoms with Gasteiger partial charge in [0.1, 0.15) is 11.4 Å². The molecule has 4 heteroatoms. The summed E-state index contributed by atoms with van der Waals surface area (Å²) >= 11 is 0. The van der Waals surface area contributed by atoms with Crippen molar-refractivity contribution in [1.29, 1.82) is 0 Å². The van der Waals surface area contributed by atoms with Crippen molar-refractivity contribution < 1.29 is 0 Å². The van der Waals surface area contributed by atoms with E-state index in [0.717, 1.165) is 24.4 Å². The molecule has 0 amide bonds. The molecule has 0 fully saturated rings. The van der Waals surface area contributed by atoms with Crippen LogP contribution in [0.3, 0.4) is 0 Å². The lowest BCUT2D eigenvalue weighted by molar-refractivity contribution is 0.604. The summed E-state index contributed by atoms with van der Waals surface area (Å²) in [5.41, 5.74) is 1.82. The van der Waals surface area contributed by atoms with Crippen LogP contribution in [0.2, 0.25) is 0 Å². The van der Waals surface area contributed by atoms with Gasteiger partial charge in [-0.3, -0.25) is 4.68 Å². The first-order valence-corrected chi connectivity index (χ1v) is 4.42. The van der Waals surface area contributed by atoms with Gasteiger partial charge >= 0.3 is 0 Å². The van der Waals surface area contributed by atoms with Crippen molar-refractivity contribution in [3.05, 3.63) is 24.8 Å². The van der Waals surface area contributed by atoms with Gasteiger partial charge in [0.15, 0.2) is 0 Å². The molecule has 0 atom stereocenters. The van der Waals surface area contributed by atoms with E-state index in [1.54, 1.807) is 6.33 Å². The molecule has 13 heavy (non-hydrogen) atoms. The van der Waals surface area contributed by atoms with E-state index in [1.165, 1.54) is 0 Å². The Hall–Kier alpha value is -1.58. The second kappa shape index (κ2) is 3.43. The van der Waals surface area contributed by atoms with Gasteiger partial charge in [-0.05, 0) is 12.5 Å². The van der Waals surface area contributed by atoms with Crippen LogP contribution in [0.15, 0.2) is 24.8 Å². The normalized spacial score (nSPS) is 10.5. The Bertz CT molecular complexity index is 361. The average Bonchev–Trinajstić information content (AvgIpc) is 2.70. The van der Waals surface area contributed by atoms with E-state index in [9.17, 15) is 0 Å². The van der Waals surface area contributed by atoms with Gasteiger partial charge in [-0.25, -0.2) is 4.98 Å². The molecule has 0 unspecified atom stereocenters. The van der Waals surface area contributed by atoms with Gasteiger partial charge in [-0.15, -0.1) is 0 Å². The molecule has 2 heterocycles. The van der Waals surface area contributed by atoms with Crippen LogP contribution in [0.4, 0.5) is 0 Å². The third kappa shape index (κ3) is 1.61. The summed E-state index contributed by atoms with van der Waals surface area (Å²) in [6, 6.07) is 1.98. The lowest BCUT2D eigenvalue weighted by Crippen LogP contribution is -1.96. The molecule has 0 aromatic carbocycles. The van der Waals surface area contributed by atoms with Gasteiger partial charge in [0.05, 0.1) is 6.33 Å². The topological polar surface area (TPSA) is 46.5 Å². The molecule has 68 valence electrons. The number of imidazole rings is 1. The van der Waals surface area contributed by atoms with Crippen molar-refractivity contribution in [2.45, 2.75) is 19.9 Å². The molecule has 0 aliphatic rings. The van der Waals surface area contributed by atoms with Crippen LogP contribution >= 0.6 is 0 Å². The predicted molar refractivity (Wildman–Crippen MR) is 50.1 cm³/mol. The van der Waals surface area contributed by atoms with Crippen LogP contribution in [0.25, 0.3) is 11.4 Å². The molecule has 0 spiro atoms. The molecule has 0 aliphatic carbocycles. The van der Waals surface area contributed by atoms with Crippen molar-refractivity contribution in [3.8, 4) is 11.4 Å². The molecule has 2 aromatic heterocycles. The smallest absolute Gasteiger partial charge is 0.112 e. The fourth-order valence-electron chi connectivity index (χ4n) is 1.25. The highest BCUT2D eigenvalue weighted by Crippen LogP contribution is 2.11. The van der Waals surface area contributed by atoms with Gasteiger partial charge in [-0.2, -0.15) is 5.10 Å². The number of hydrogen-bond donors (Lipinski definition) is 1. The third-order valence-corrected chi connectivity index (χ3v) is 1.85. The first-order chi connectivity index (χ1) is 6.40. The molecule has 4 nitrogen and oxygen atoms in total. The van der Waals surface area contributed by atoms with E-state index >= 15 is 0 Å². The Balaban J connectivity index is 2.23. The van der Waals surface area contributed by atoms with E-state index in [-0.39, 0.29) is 0 Å². The molecule has 0 saturated heterocycles. The molecular formula is C9H12N4. The number of aromatic nitrogens is 4. The Morgan fingerprint density at radius 3 is 3.08 bits per heavy atom. The number of hydrogen-bond acceptors (Lipinski definition) is 2. The maximum absolute atomic E-state index is 4.38. The summed E-state index contributed by atoms with van der Waals surface area (Å²) in [6.07, 6.45) is 6.59. The van der Waals surface area contributed by atoms with Crippen LogP contribution in [0, 0.1) is 0 Å². The molecule has 0 saturated carbocycles. The van der Waals surface area contributed by atoms with Crippen molar-refractivity contribution in [2.75, 3.05) is 0 Å². The zero-order valence-electron chi connectivity index (χ0n) is 7.57. The summed E-state index contributed by atoms with van der Waals surface area (Å²) in [7, 11) is 0. The maximum Gasteiger partial charge on any atom is 0.112 e. The van der Waals surface area contributed by atoms with Crippen molar-refractivity contribution in [1.82, 2.24) is 19.7 Å². The predicted octanol–water partition coefficient (Wildman–Crippen LogP) is 1.68. The lowest BCUT2D eigenvalue weighted by atomic mass is 10.3. The largest absolute Gasteiger partial charge is 0.351 e. The maximum atomic E-state index is 4.38. The monoisotopic (exact) mass is 176 g/mol. The summed E-state index contributed by atoms with van der Waals surface area (Å²) in [6.45, 7) is 3.10. The lowest BCUT2D eigenvalue weighted by Gasteiger charge is -1.94. The average molecular weight is 176 g/mol. The quantitative estimate of drug-likeness (QED) is 0.773. The van der Waals surface area contributed by atoms with Crippen LogP contribution in [-0.4, -0.2) is 19.7 Å². The fraction of sp³-hybridized carbons (Fsp3) is 0.333. The summed E-state index contributed by atoms with van der Waals surface area (Å²) in [5, 5.41) is 4.38. The standard InChI is InChI=1S/C9H12N4/c1-2-4-13-5-3-8(12-13)9-6-10-7-11-9/h3,5-7H,2,4H2,1H3,(H,10,11). The minimum atomic E-state index is 0.898. The number of aromatic amines is 1. The van der Waals surface area contributed by atoms with Crippen LogP contribution in [-0.2, 0) is 6.54 Å². The first kappa shape index (κ1) is 8.04. The first-order valence-electron chi connectivity index (χ1n) is 4.42. The van der Waals surface area contributed by atoms with Gasteiger partial charge < -0.3 is 4.98 Å². The van der Waals surface area contributed by atoms with Crippen molar-refractivity contribution in [3.63, 3.8) is 0 Å². The highest BCUT2D eigenvalue weighted by Gasteiger charge is 2.02. The van der Waals surface area contributed by atoms with E-state index in [4.69, 9.17) is 0 Å². The van der Waals surface area contributed by atoms with E-state index in [2.05, 4.69) is 22.0 Å². The number of H-pyrrole nitrogens is 1. The highest BCUT2D eigenvalue weighted by atomic mass is 15.3. The van der Waals surface area contributed by atoms with Gasteiger partial charge in [0, 0.05) is 18.9 Å². The molecule has 2 rings (SSSR count). The zero-order valence-corrected chi connectivity index (χ0v) is 7.57.